The largest absolute Gasteiger partial charge is 0.497 e. The highest BCUT2D eigenvalue weighted by Crippen LogP contribution is 2.40. The molecule has 0 bridgehead atoms. The second kappa shape index (κ2) is 3.51. The molecule has 2 aliphatic heterocycles. The fourth-order valence-corrected chi connectivity index (χ4v) is 1.63. The third-order valence-corrected chi connectivity index (χ3v) is 2.64. The standard InChI is InChI=1S/C12H12N2O3/c1-15-9-4-6-10(7-5-9)16-11-3-2-8-14-12(11,13)17-14/h2-8H,13H2,1H3. The van der Waals surface area contributed by atoms with Crippen molar-refractivity contribution in [2.24, 2.45) is 5.73 Å². The summed E-state index contributed by atoms with van der Waals surface area (Å²) >= 11 is 0. The summed E-state index contributed by atoms with van der Waals surface area (Å²) in [4.78, 5) is 5.20. The van der Waals surface area contributed by atoms with E-state index in [1.165, 1.54) is 5.06 Å². The van der Waals surface area contributed by atoms with E-state index in [9.17, 15) is 0 Å². The van der Waals surface area contributed by atoms with Crippen LogP contribution >= 0.6 is 0 Å². The van der Waals surface area contributed by atoms with Gasteiger partial charge in [0.2, 0.25) is 0 Å². The molecule has 1 unspecified atom stereocenters. The average molecular weight is 232 g/mol. The summed E-state index contributed by atoms with van der Waals surface area (Å²) in [6.45, 7) is 0. The third kappa shape index (κ3) is 1.65. The van der Waals surface area contributed by atoms with Gasteiger partial charge in [0, 0.05) is 6.20 Å². The van der Waals surface area contributed by atoms with Crippen molar-refractivity contribution in [2.75, 3.05) is 7.11 Å². The molecule has 2 N–H and O–H groups in total. The van der Waals surface area contributed by atoms with Gasteiger partial charge in [-0.1, -0.05) is 0 Å². The van der Waals surface area contributed by atoms with E-state index >= 15 is 0 Å². The summed E-state index contributed by atoms with van der Waals surface area (Å²) < 4.78 is 10.7. The van der Waals surface area contributed by atoms with Gasteiger partial charge in [-0.2, -0.15) is 0 Å². The topological polar surface area (TPSA) is 60.0 Å². The Bertz CT molecular complexity index is 495. The van der Waals surface area contributed by atoms with Crippen molar-refractivity contribution in [3.8, 4) is 11.5 Å². The van der Waals surface area contributed by atoms with Crippen LogP contribution in [0.2, 0.25) is 0 Å². The number of nitrogens with zero attached hydrogens (tertiary/aromatic N) is 1. The van der Waals surface area contributed by atoms with Crippen molar-refractivity contribution >= 4 is 0 Å². The first-order valence-corrected chi connectivity index (χ1v) is 5.20. The number of benzene rings is 1. The number of nitrogens with two attached hydrogens (primary N) is 1. The predicted molar refractivity (Wildman–Crippen MR) is 60.7 cm³/mol. The zero-order chi connectivity index (χ0) is 11.9. The molecular formula is C12H12N2O3. The highest BCUT2D eigenvalue weighted by atomic mass is 16.9. The average Bonchev–Trinajstić information content (AvgIpc) is 3.03. The fraction of sp³-hybridized carbons (Fsp3) is 0.167. The van der Waals surface area contributed by atoms with E-state index in [0.717, 1.165) is 5.75 Å². The van der Waals surface area contributed by atoms with Crippen LogP contribution in [0.15, 0.2) is 48.4 Å². The van der Waals surface area contributed by atoms with Gasteiger partial charge in [0.1, 0.15) is 11.5 Å². The summed E-state index contributed by atoms with van der Waals surface area (Å²) in [6, 6.07) is 7.27. The van der Waals surface area contributed by atoms with Crippen LogP contribution in [0.1, 0.15) is 0 Å². The highest BCUT2D eigenvalue weighted by Gasteiger charge is 2.56. The Labute approximate surface area is 98.6 Å². The monoisotopic (exact) mass is 232 g/mol. The number of hydroxylamine groups is 2. The second-order valence-corrected chi connectivity index (χ2v) is 3.76. The summed E-state index contributed by atoms with van der Waals surface area (Å²) in [5.74, 6) is 1.09. The predicted octanol–water partition coefficient (Wildman–Crippen LogP) is 1.34. The molecule has 1 fully saturated rings. The van der Waals surface area contributed by atoms with E-state index in [2.05, 4.69) is 0 Å². The number of allylic oxidation sites excluding steroid dienone is 2. The summed E-state index contributed by atoms with van der Waals surface area (Å²) in [5, 5.41) is 1.53. The van der Waals surface area contributed by atoms with Crippen LogP contribution in [-0.2, 0) is 4.84 Å². The molecule has 0 aliphatic carbocycles. The Morgan fingerprint density at radius 1 is 1.24 bits per heavy atom. The van der Waals surface area contributed by atoms with Crippen molar-refractivity contribution in [3.63, 3.8) is 0 Å². The molecule has 17 heavy (non-hydrogen) atoms. The van der Waals surface area contributed by atoms with Gasteiger partial charge >= 0.3 is 5.85 Å². The van der Waals surface area contributed by atoms with Crippen LogP contribution in [0.4, 0.5) is 0 Å². The van der Waals surface area contributed by atoms with Gasteiger partial charge in [-0.3, -0.25) is 5.73 Å². The Kier molecular flexibility index (Phi) is 2.10. The van der Waals surface area contributed by atoms with Gasteiger partial charge in [-0.15, -0.1) is 0 Å². The van der Waals surface area contributed by atoms with E-state index in [1.807, 2.05) is 30.3 Å². The molecule has 0 saturated carbocycles. The van der Waals surface area contributed by atoms with E-state index in [4.69, 9.17) is 20.0 Å². The fourth-order valence-electron chi connectivity index (χ4n) is 1.63. The molecule has 1 aromatic rings. The Morgan fingerprint density at radius 3 is 2.65 bits per heavy atom. The molecule has 0 amide bonds. The van der Waals surface area contributed by atoms with Gasteiger partial charge in [0.05, 0.1) is 7.11 Å². The third-order valence-electron chi connectivity index (χ3n) is 2.64. The van der Waals surface area contributed by atoms with Crippen LogP contribution in [0, 0.1) is 0 Å². The molecule has 2 heterocycles. The Balaban J connectivity index is 1.78. The quantitative estimate of drug-likeness (QED) is 0.797. The maximum absolute atomic E-state index is 5.93. The minimum Gasteiger partial charge on any atom is -0.497 e. The molecule has 2 aliphatic rings. The van der Waals surface area contributed by atoms with Crippen LogP contribution < -0.4 is 15.2 Å². The first-order valence-electron chi connectivity index (χ1n) is 5.20. The number of fused-ring (bicyclic) bond motifs is 1. The van der Waals surface area contributed by atoms with E-state index in [1.54, 1.807) is 19.4 Å². The minimum atomic E-state index is -0.936. The zero-order valence-electron chi connectivity index (χ0n) is 9.29. The van der Waals surface area contributed by atoms with Crippen LogP contribution in [0.3, 0.4) is 0 Å². The molecule has 5 nitrogen and oxygen atoms in total. The van der Waals surface area contributed by atoms with Crippen molar-refractivity contribution in [2.45, 2.75) is 5.85 Å². The van der Waals surface area contributed by atoms with Gasteiger partial charge in [-0.05, 0) is 36.4 Å². The Hall–Kier alpha value is -1.98. The molecule has 0 aromatic heterocycles. The molecule has 5 heteroatoms. The molecule has 1 saturated heterocycles. The SMILES string of the molecule is COc1ccc(OC2=CC=CN3OC23N)cc1. The van der Waals surface area contributed by atoms with Crippen molar-refractivity contribution < 1.29 is 14.3 Å². The number of rotatable bonds is 3. The van der Waals surface area contributed by atoms with Crippen molar-refractivity contribution in [1.29, 1.82) is 0 Å². The molecular weight excluding hydrogens is 220 g/mol. The van der Waals surface area contributed by atoms with Gasteiger partial charge in [-0.25, -0.2) is 9.90 Å². The molecule has 1 atom stereocenters. The Morgan fingerprint density at radius 2 is 1.94 bits per heavy atom. The number of ether oxygens (including phenoxy) is 2. The van der Waals surface area contributed by atoms with Crippen LogP contribution in [0.25, 0.3) is 0 Å². The van der Waals surface area contributed by atoms with E-state index in [-0.39, 0.29) is 0 Å². The number of hydrogen-bond donors (Lipinski definition) is 1. The first-order chi connectivity index (χ1) is 8.22. The molecule has 88 valence electrons. The van der Waals surface area contributed by atoms with Crippen LogP contribution in [0.5, 0.6) is 11.5 Å². The van der Waals surface area contributed by atoms with Gasteiger partial charge in [0.25, 0.3) is 0 Å². The van der Waals surface area contributed by atoms with E-state index in [0.29, 0.717) is 11.5 Å². The van der Waals surface area contributed by atoms with Crippen LogP contribution in [-0.4, -0.2) is 18.0 Å². The minimum absolute atomic E-state index is 0.560. The lowest BCUT2D eigenvalue weighted by atomic mass is 10.2. The highest BCUT2D eigenvalue weighted by molar-refractivity contribution is 5.35. The second-order valence-electron chi connectivity index (χ2n) is 3.76. The normalized spacial score (nSPS) is 25.1. The lowest BCUT2D eigenvalue weighted by Crippen LogP contribution is -2.34. The van der Waals surface area contributed by atoms with Crippen molar-refractivity contribution in [3.05, 3.63) is 48.4 Å². The number of hydrogen-bond acceptors (Lipinski definition) is 5. The zero-order valence-corrected chi connectivity index (χ0v) is 9.29. The molecule has 3 rings (SSSR count). The first kappa shape index (κ1) is 10.2. The molecule has 0 radical (unpaired) electrons. The summed E-state index contributed by atoms with van der Waals surface area (Å²) in [7, 11) is 1.62. The lowest BCUT2D eigenvalue weighted by molar-refractivity contribution is 0.228. The summed E-state index contributed by atoms with van der Waals surface area (Å²) in [5.41, 5.74) is 5.93. The summed E-state index contributed by atoms with van der Waals surface area (Å²) in [6.07, 6.45) is 5.35. The molecule has 0 spiro atoms. The lowest BCUT2D eigenvalue weighted by Gasteiger charge is -2.14. The van der Waals surface area contributed by atoms with Crippen molar-refractivity contribution in [1.82, 2.24) is 5.06 Å². The van der Waals surface area contributed by atoms with Gasteiger partial charge < -0.3 is 9.47 Å². The van der Waals surface area contributed by atoms with E-state index < -0.39 is 5.85 Å². The number of methoxy groups -OCH3 is 1. The maximum atomic E-state index is 5.93. The molecule has 1 aromatic carbocycles. The smallest absolute Gasteiger partial charge is 0.301 e. The maximum Gasteiger partial charge on any atom is 0.301 e. The van der Waals surface area contributed by atoms with Gasteiger partial charge in [0.15, 0.2) is 5.76 Å².